The molecule has 1 aliphatic carbocycles. The van der Waals surface area contributed by atoms with Crippen LogP contribution < -0.4 is 0 Å². The third-order valence-electron chi connectivity index (χ3n) is 4.49. The fraction of sp³-hybridized carbons (Fsp3) is 0.524. The lowest BCUT2D eigenvalue weighted by Gasteiger charge is -2.18. The topological polar surface area (TPSA) is 54.4 Å². The number of rotatable bonds is 10. The molecule has 3 heteroatoms. The largest absolute Gasteiger partial charge is 0.396 e. The van der Waals surface area contributed by atoms with Gasteiger partial charge in [0.1, 0.15) is 0 Å². The molecule has 0 bridgehead atoms. The summed E-state index contributed by atoms with van der Waals surface area (Å²) in [4.78, 5) is 24.4. The highest BCUT2D eigenvalue weighted by atomic mass is 16.2. The predicted octanol–water partition coefficient (Wildman–Crippen LogP) is 4.63. The molecule has 0 fully saturated rings. The summed E-state index contributed by atoms with van der Waals surface area (Å²) < 4.78 is 0. The van der Waals surface area contributed by atoms with E-state index in [2.05, 4.69) is 24.3 Å². The van der Waals surface area contributed by atoms with Gasteiger partial charge in [-0.1, -0.05) is 24.3 Å². The molecule has 0 spiro atoms. The number of hydrogen-bond donors (Lipinski definition) is 1. The molecular weight excluding hydrogens is 300 g/mol. The Hall–Kier alpha value is -1.74. The van der Waals surface area contributed by atoms with Crippen molar-refractivity contribution in [3.05, 3.63) is 46.6 Å². The Morgan fingerprint density at radius 3 is 1.96 bits per heavy atom. The van der Waals surface area contributed by atoms with Crippen LogP contribution in [0.4, 0.5) is 0 Å². The quantitative estimate of drug-likeness (QED) is 0.361. The maximum absolute atomic E-state index is 12.3. The van der Waals surface area contributed by atoms with Crippen molar-refractivity contribution in [1.29, 1.82) is 0 Å². The molecular formula is C21H30O3. The van der Waals surface area contributed by atoms with Crippen molar-refractivity contribution in [2.45, 2.75) is 65.7 Å². The summed E-state index contributed by atoms with van der Waals surface area (Å²) in [6.07, 6.45) is 14.8. The highest BCUT2D eigenvalue weighted by Crippen LogP contribution is 2.27. The molecule has 0 saturated heterocycles. The Bertz CT molecular complexity index is 574. The van der Waals surface area contributed by atoms with Crippen molar-refractivity contribution in [2.75, 3.05) is 6.61 Å². The molecule has 0 aliphatic heterocycles. The van der Waals surface area contributed by atoms with Crippen LogP contribution in [0.1, 0.15) is 65.7 Å². The van der Waals surface area contributed by atoms with E-state index in [9.17, 15) is 9.59 Å². The molecule has 1 aliphatic rings. The zero-order chi connectivity index (χ0) is 17.9. The van der Waals surface area contributed by atoms with Crippen LogP contribution in [0.25, 0.3) is 0 Å². The Morgan fingerprint density at radius 1 is 0.750 bits per heavy atom. The molecule has 0 aromatic carbocycles. The minimum absolute atomic E-state index is 0.0231. The van der Waals surface area contributed by atoms with E-state index in [0.29, 0.717) is 28.7 Å². The van der Waals surface area contributed by atoms with Crippen LogP contribution in [0, 0.1) is 0 Å². The van der Waals surface area contributed by atoms with E-state index in [1.54, 1.807) is 20.8 Å². The average molecular weight is 330 g/mol. The van der Waals surface area contributed by atoms with Gasteiger partial charge in [0.15, 0.2) is 11.6 Å². The average Bonchev–Trinajstić information content (AvgIpc) is 2.58. The number of carbonyl (C=O) groups excluding carboxylic acids is 2. The van der Waals surface area contributed by atoms with Gasteiger partial charge >= 0.3 is 0 Å². The summed E-state index contributed by atoms with van der Waals surface area (Å²) >= 11 is 0. The zero-order valence-electron chi connectivity index (χ0n) is 15.2. The third kappa shape index (κ3) is 6.04. The lowest BCUT2D eigenvalue weighted by Crippen LogP contribution is -2.20. The Labute approximate surface area is 145 Å². The van der Waals surface area contributed by atoms with Crippen molar-refractivity contribution < 1.29 is 14.7 Å². The first-order chi connectivity index (χ1) is 11.5. The van der Waals surface area contributed by atoms with Crippen molar-refractivity contribution in [1.82, 2.24) is 0 Å². The van der Waals surface area contributed by atoms with Crippen LogP contribution in [0.15, 0.2) is 46.6 Å². The zero-order valence-corrected chi connectivity index (χ0v) is 15.2. The van der Waals surface area contributed by atoms with E-state index < -0.39 is 0 Å². The molecule has 0 atom stereocenters. The van der Waals surface area contributed by atoms with Crippen LogP contribution in [-0.4, -0.2) is 23.3 Å². The second-order valence-electron chi connectivity index (χ2n) is 6.30. The van der Waals surface area contributed by atoms with Gasteiger partial charge in [-0.25, -0.2) is 0 Å². The lowest BCUT2D eigenvalue weighted by atomic mass is 9.84. The first kappa shape index (κ1) is 20.3. The van der Waals surface area contributed by atoms with Crippen molar-refractivity contribution >= 4 is 11.6 Å². The minimum atomic E-state index is 0.0231. The van der Waals surface area contributed by atoms with Crippen LogP contribution in [0.5, 0.6) is 0 Å². The standard InChI is InChI=1S/C21H30O3/c1-16-17(2)21(24)19(18(3)20(16)23)14-12-10-8-6-4-5-7-9-11-13-15-22/h4,6-7,9,22H,5,8,10-15H2,1-3H3/b6-4+,9-7+. The highest BCUT2D eigenvalue weighted by molar-refractivity contribution is 6.24. The van der Waals surface area contributed by atoms with Gasteiger partial charge in [-0.2, -0.15) is 0 Å². The van der Waals surface area contributed by atoms with Gasteiger partial charge in [0.2, 0.25) is 0 Å². The SMILES string of the molecule is CC1=C(C)C(=O)C(CCCC/C=C/C/C=C/CCCO)=C(C)C1=O. The molecule has 1 rings (SSSR count). The smallest absolute Gasteiger partial charge is 0.185 e. The maximum atomic E-state index is 12.3. The summed E-state index contributed by atoms with van der Waals surface area (Å²) in [5.74, 6) is 0.0724. The third-order valence-corrected chi connectivity index (χ3v) is 4.49. The maximum Gasteiger partial charge on any atom is 0.185 e. The van der Waals surface area contributed by atoms with Gasteiger partial charge in [0.05, 0.1) is 0 Å². The fourth-order valence-corrected chi connectivity index (χ4v) is 2.74. The molecule has 0 radical (unpaired) electrons. The van der Waals surface area contributed by atoms with Gasteiger partial charge in [-0.15, -0.1) is 0 Å². The normalized spacial score (nSPS) is 16.3. The van der Waals surface area contributed by atoms with Crippen LogP contribution >= 0.6 is 0 Å². The van der Waals surface area contributed by atoms with Gasteiger partial charge in [0, 0.05) is 28.9 Å². The Morgan fingerprint density at radius 2 is 1.33 bits per heavy atom. The van der Waals surface area contributed by atoms with Gasteiger partial charge in [-0.3, -0.25) is 9.59 Å². The Kier molecular flexibility index (Phi) is 9.24. The fourth-order valence-electron chi connectivity index (χ4n) is 2.74. The molecule has 0 aromatic rings. The van der Waals surface area contributed by atoms with Gasteiger partial charge < -0.3 is 5.11 Å². The van der Waals surface area contributed by atoms with Gasteiger partial charge in [0.25, 0.3) is 0 Å². The van der Waals surface area contributed by atoms with E-state index in [0.717, 1.165) is 38.5 Å². The number of aliphatic hydroxyl groups excluding tert-OH is 1. The molecule has 24 heavy (non-hydrogen) atoms. The molecule has 3 nitrogen and oxygen atoms in total. The summed E-state index contributed by atoms with van der Waals surface area (Å²) in [6.45, 7) is 5.51. The molecule has 132 valence electrons. The van der Waals surface area contributed by atoms with Crippen molar-refractivity contribution in [3.63, 3.8) is 0 Å². The highest BCUT2D eigenvalue weighted by Gasteiger charge is 2.26. The molecule has 0 heterocycles. The molecule has 0 amide bonds. The number of ketones is 2. The van der Waals surface area contributed by atoms with E-state index in [1.165, 1.54) is 0 Å². The van der Waals surface area contributed by atoms with Crippen LogP contribution in [-0.2, 0) is 9.59 Å². The lowest BCUT2D eigenvalue weighted by molar-refractivity contribution is -0.116. The van der Waals surface area contributed by atoms with E-state index in [4.69, 9.17) is 5.11 Å². The second kappa shape index (κ2) is 10.9. The van der Waals surface area contributed by atoms with E-state index >= 15 is 0 Å². The van der Waals surface area contributed by atoms with Crippen LogP contribution in [0.2, 0.25) is 0 Å². The molecule has 0 unspecified atom stereocenters. The first-order valence-corrected chi connectivity index (χ1v) is 8.88. The number of hydrogen-bond acceptors (Lipinski definition) is 3. The monoisotopic (exact) mass is 330 g/mol. The molecule has 0 aromatic heterocycles. The Balaban J connectivity index is 2.29. The first-order valence-electron chi connectivity index (χ1n) is 8.88. The van der Waals surface area contributed by atoms with E-state index in [-0.39, 0.29) is 18.2 Å². The molecule has 1 N–H and O–H groups in total. The summed E-state index contributed by atoms with van der Waals surface area (Å²) in [7, 11) is 0. The number of Topliss-reactive ketones (excluding diaryl/α,β-unsaturated/α-hetero) is 2. The number of aliphatic hydroxyl groups is 1. The minimum Gasteiger partial charge on any atom is -0.396 e. The van der Waals surface area contributed by atoms with Gasteiger partial charge in [-0.05, 0) is 65.7 Å². The summed E-state index contributed by atoms with van der Waals surface area (Å²) in [5.41, 5.74) is 2.54. The van der Waals surface area contributed by atoms with Crippen molar-refractivity contribution in [2.24, 2.45) is 0 Å². The molecule has 0 saturated carbocycles. The summed E-state index contributed by atoms with van der Waals surface area (Å²) in [5, 5.41) is 8.67. The van der Waals surface area contributed by atoms with E-state index in [1.807, 2.05) is 0 Å². The predicted molar refractivity (Wildman–Crippen MR) is 98.8 cm³/mol. The van der Waals surface area contributed by atoms with Crippen LogP contribution in [0.3, 0.4) is 0 Å². The number of unbranched alkanes of at least 4 members (excludes halogenated alkanes) is 3. The number of allylic oxidation sites excluding steroid dienone is 8. The summed E-state index contributed by atoms with van der Waals surface area (Å²) in [6, 6.07) is 0. The van der Waals surface area contributed by atoms with Crippen molar-refractivity contribution in [3.8, 4) is 0 Å². The number of carbonyl (C=O) groups is 2. The second-order valence-corrected chi connectivity index (χ2v) is 6.30.